The zero-order chi connectivity index (χ0) is 15.7. The standard InChI is InChI=1S/C13H15ClN4O2S2/c1-6(2)9-8(15-12(14)21-9)10(19)16-13-18-17-11(22-13)7-4-3-5-20-7/h6-7H,3-5H2,1-2H3,(H,16,18,19)/t7-/m1/s1. The fraction of sp³-hybridized carbons (Fsp3) is 0.538. The molecule has 2 aromatic heterocycles. The van der Waals surface area contributed by atoms with Crippen molar-refractivity contribution in [3.05, 3.63) is 20.0 Å². The van der Waals surface area contributed by atoms with E-state index in [9.17, 15) is 4.79 Å². The summed E-state index contributed by atoms with van der Waals surface area (Å²) < 4.78 is 5.93. The molecule has 118 valence electrons. The Labute approximate surface area is 140 Å². The Hall–Kier alpha value is -1.09. The summed E-state index contributed by atoms with van der Waals surface area (Å²) >= 11 is 8.60. The highest BCUT2D eigenvalue weighted by Gasteiger charge is 2.24. The van der Waals surface area contributed by atoms with Crippen LogP contribution in [0.2, 0.25) is 4.47 Å². The third kappa shape index (κ3) is 3.29. The summed E-state index contributed by atoms with van der Waals surface area (Å²) in [6.07, 6.45) is 1.98. The molecule has 1 N–H and O–H groups in total. The second-order valence-corrected chi connectivity index (χ2v) is 7.86. The topological polar surface area (TPSA) is 77.0 Å². The first-order valence-electron chi connectivity index (χ1n) is 6.97. The van der Waals surface area contributed by atoms with Gasteiger partial charge < -0.3 is 4.74 Å². The van der Waals surface area contributed by atoms with Crippen molar-refractivity contribution >= 4 is 45.3 Å². The second-order valence-electron chi connectivity index (χ2n) is 5.24. The summed E-state index contributed by atoms with van der Waals surface area (Å²) in [4.78, 5) is 17.3. The number of hydrogen-bond donors (Lipinski definition) is 1. The number of ether oxygens (including phenoxy) is 1. The molecule has 3 heterocycles. The summed E-state index contributed by atoms with van der Waals surface area (Å²) in [5.74, 6) is -0.121. The van der Waals surface area contributed by atoms with Gasteiger partial charge in [0.25, 0.3) is 5.91 Å². The van der Waals surface area contributed by atoms with Gasteiger partial charge in [0.05, 0.1) is 0 Å². The van der Waals surface area contributed by atoms with Gasteiger partial charge in [0.15, 0.2) is 4.47 Å². The van der Waals surface area contributed by atoms with E-state index >= 15 is 0 Å². The van der Waals surface area contributed by atoms with Gasteiger partial charge in [0.2, 0.25) is 5.13 Å². The number of rotatable bonds is 4. The fourth-order valence-corrected chi connectivity index (χ4v) is 4.15. The largest absolute Gasteiger partial charge is 0.371 e. The van der Waals surface area contributed by atoms with Gasteiger partial charge in [-0.2, -0.15) is 0 Å². The molecule has 0 unspecified atom stereocenters. The first kappa shape index (κ1) is 15.8. The molecule has 1 aliphatic rings. The maximum absolute atomic E-state index is 12.4. The van der Waals surface area contributed by atoms with Crippen molar-refractivity contribution in [2.75, 3.05) is 11.9 Å². The third-order valence-electron chi connectivity index (χ3n) is 3.23. The minimum absolute atomic E-state index is 0.00286. The minimum Gasteiger partial charge on any atom is -0.371 e. The number of anilines is 1. The summed E-state index contributed by atoms with van der Waals surface area (Å²) in [6.45, 7) is 4.75. The minimum atomic E-state index is -0.304. The Kier molecular flexibility index (Phi) is 4.72. The van der Waals surface area contributed by atoms with Gasteiger partial charge in [-0.3, -0.25) is 10.1 Å². The number of nitrogens with one attached hydrogen (secondary N) is 1. The van der Waals surface area contributed by atoms with Gasteiger partial charge in [0, 0.05) is 11.5 Å². The number of carbonyl (C=O) groups is 1. The van der Waals surface area contributed by atoms with E-state index in [4.69, 9.17) is 16.3 Å². The van der Waals surface area contributed by atoms with E-state index < -0.39 is 0 Å². The van der Waals surface area contributed by atoms with Crippen molar-refractivity contribution in [2.45, 2.75) is 38.7 Å². The number of nitrogens with zero attached hydrogens (tertiary/aromatic N) is 3. The Morgan fingerprint density at radius 1 is 1.41 bits per heavy atom. The van der Waals surface area contributed by atoms with Gasteiger partial charge in [-0.25, -0.2) is 4.98 Å². The molecule has 1 aliphatic heterocycles. The molecule has 0 spiro atoms. The van der Waals surface area contributed by atoms with E-state index in [1.807, 2.05) is 13.8 Å². The second kappa shape index (κ2) is 6.57. The quantitative estimate of drug-likeness (QED) is 0.897. The van der Waals surface area contributed by atoms with Crippen LogP contribution in [0.25, 0.3) is 0 Å². The smallest absolute Gasteiger partial charge is 0.277 e. The molecule has 6 nitrogen and oxygen atoms in total. The number of carbonyl (C=O) groups excluding carboxylic acids is 1. The predicted molar refractivity (Wildman–Crippen MR) is 87.0 cm³/mol. The number of thiazole rings is 1. The van der Waals surface area contributed by atoms with E-state index in [0.29, 0.717) is 15.3 Å². The van der Waals surface area contributed by atoms with Crippen LogP contribution in [-0.2, 0) is 4.74 Å². The van der Waals surface area contributed by atoms with E-state index in [1.165, 1.54) is 22.7 Å². The first-order valence-corrected chi connectivity index (χ1v) is 8.98. The number of aromatic nitrogens is 3. The third-order valence-corrected chi connectivity index (χ3v) is 5.62. The molecular formula is C13H15ClN4O2S2. The average molecular weight is 359 g/mol. The van der Waals surface area contributed by atoms with Crippen LogP contribution in [0, 0.1) is 0 Å². The fourth-order valence-electron chi connectivity index (χ4n) is 2.20. The van der Waals surface area contributed by atoms with Crippen molar-refractivity contribution in [3.8, 4) is 0 Å². The Bertz CT molecular complexity index is 679. The van der Waals surface area contributed by atoms with Crippen molar-refractivity contribution in [1.29, 1.82) is 0 Å². The SMILES string of the molecule is CC(C)c1sc(Cl)nc1C(=O)Nc1nnc([C@H]2CCCO2)s1. The molecule has 1 atom stereocenters. The summed E-state index contributed by atoms with van der Waals surface area (Å²) in [6, 6.07) is 0. The molecule has 0 aromatic carbocycles. The van der Waals surface area contributed by atoms with Crippen LogP contribution in [0.4, 0.5) is 5.13 Å². The first-order chi connectivity index (χ1) is 10.5. The van der Waals surface area contributed by atoms with Gasteiger partial charge >= 0.3 is 0 Å². The highest BCUT2D eigenvalue weighted by molar-refractivity contribution is 7.16. The Balaban J connectivity index is 1.74. The molecule has 0 radical (unpaired) electrons. The highest BCUT2D eigenvalue weighted by Crippen LogP contribution is 2.33. The lowest BCUT2D eigenvalue weighted by Gasteiger charge is -2.04. The van der Waals surface area contributed by atoms with Crippen LogP contribution in [0.1, 0.15) is 59.1 Å². The maximum atomic E-state index is 12.4. The molecule has 0 bridgehead atoms. The summed E-state index contributed by atoms with van der Waals surface area (Å²) in [5.41, 5.74) is 0.360. The number of amides is 1. The van der Waals surface area contributed by atoms with E-state index in [0.717, 1.165) is 29.3 Å². The Morgan fingerprint density at radius 3 is 2.91 bits per heavy atom. The van der Waals surface area contributed by atoms with Crippen LogP contribution < -0.4 is 5.32 Å². The molecule has 1 fully saturated rings. The van der Waals surface area contributed by atoms with Gasteiger partial charge in [0.1, 0.15) is 16.8 Å². The summed E-state index contributed by atoms with van der Waals surface area (Å²) in [7, 11) is 0. The molecule has 0 aliphatic carbocycles. The van der Waals surface area contributed by atoms with Gasteiger partial charge in [-0.15, -0.1) is 21.5 Å². The molecule has 3 rings (SSSR count). The van der Waals surface area contributed by atoms with Gasteiger partial charge in [-0.05, 0) is 18.8 Å². The monoisotopic (exact) mass is 358 g/mol. The molecule has 1 amide bonds. The van der Waals surface area contributed by atoms with Crippen LogP contribution in [0.15, 0.2) is 0 Å². The van der Waals surface area contributed by atoms with E-state index in [2.05, 4.69) is 20.5 Å². The maximum Gasteiger partial charge on any atom is 0.277 e. The average Bonchev–Trinajstić information content (AvgIpc) is 3.16. The van der Waals surface area contributed by atoms with E-state index in [1.54, 1.807) is 0 Å². The van der Waals surface area contributed by atoms with Crippen molar-refractivity contribution in [3.63, 3.8) is 0 Å². The highest BCUT2D eigenvalue weighted by atomic mass is 35.5. The summed E-state index contributed by atoms with van der Waals surface area (Å²) in [5, 5.41) is 12.1. The van der Waals surface area contributed by atoms with Crippen molar-refractivity contribution < 1.29 is 9.53 Å². The normalized spacial score (nSPS) is 18.1. The number of halogens is 1. The Morgan fingerprint density at radius 2 is 2.23 bits per heavy atom. The zero-order valence-electron chi connectivity index (χ0n) is 12.1. The van der Waals surface area contributed by atoms with Crippen molar-refractivity contribution in [2.24, 2.45) is 0 Å². The van der Waals surface area contributed by atoms with Crippen molar-refractivity contribution in [1.82, 2.24) is 15.2 Å². The molecule has 2 aromatic rings. The predicted octanol–water partition coefficient (Wildman–Crippen LogP) is 3.88. The van der Waals surface area contributed by atoms with Gasteiger partial charge in [-0.1, -0.05) is 36.8 Å². The van der Waals surface area contributed by atoms with Crippen LogP contribution in [0.3, 0.4) is 0 Å². The zero-order valence-corrected chi connectivity index (χ0v) is 14.5. The van der Waals surface area contributed by atoms with Crippen LogP contribution in [-0.4, -0.2) is 27.7 Å². The van der Waals surface area contributed by atoms with Crippen LogP contribution in [0.5, 0.6) is 0 Å². The van der Waals surface area contributed by atoms with Crippen LogP contribution >= 0.6 is 34.3 Å². The molecule has 1 saturated heterocycles. The molecular weight excluding hydrogens is 344 g/mol. The molecule has 0 saturated carbocycles. The lowest BCUT2D eigenvalue weighted by atomic mass is 10.1. The number of hydrogen-bond acceptors (Lipinski definition) is 7. The molecule has 22 heavy (non-hydrogen) atoms. The lowest BCUT2D eigenvalue weighted by molar-refractivity contribution is 0.102. The van der Waals surface area contributed by atoms with E-state index in [-0.39, 0.29) is 17.9 Å². The lowest BCUT2D eigenvalue weighted by Crippen LogP contribution is -2.14. The molecule has 9 heteroatoms.